The smallest absolute Gasteiger partial charge is 0.424 e. The number of pyridine rings is 2. The van der Waals surface area contributed by atoms with Crippen LogP contribution in [0.4, 0.5) is 31.1 Å². The first-order valence-corrected chi connectivity index (χ1v) is 16.2. The van der Waals surface area contributed by atoms with E-state index in [9.17, 15) is 35.9 Å². The average Bonchev–Trinajstić information content (AvgIpc) is 3.86. The Morgan fingerprint density at radius 3 is 1.69 bits per heavy atom. The molecule has 1 amide bonds. The fraction of sp³-hybridized carbons (Fsp3) is 0.188. The van der Waals surface area contributed by atoms with Crippen molar-refractivity contribution in [2.24, 2.45) is 0 Å². The van der Waals surface area contributed by atoms with E-state index >= 15 is 0 Å². The third kappa shape index (κ3) is 6.50. The van der Waals surface area contributed by atoms with Gasteiger partial charge >= 0.3 is 24.4 Å². The van der Waals surface area contributed by atoms with Crippen molar-refractivity contribution in [3.8, 4) is 32.9 Å². The first kappa shape index (κ1) is 32.4. The zero-order valence-electron chi connectivity index (χ0n) is 24.6. The number of carbonyl (C=O) groups excluding carboxylic acids is 2. The molecule has 9 nitrogen and oxygen atoms in total. The quantitative estimate of drug-likeness (QED) is 0.129. The second kappa shape index (κ2) is 12.4. The Labute approximate surface area is 279 Å². The van der Waals surface area contributed by atoms with Gasteiger partial charge in [0.1, 0.15) is 38.9 Å². The third-order valence-electron chi connectivity index (χ3n) is 7.55. The van der Waals surface area contributed by atoms with Crippen LogP contribution in [0.15, 0.2) is 71.4 Å². The van der Waals surface area contributed by atoms with Gasteiger partial charge in [-0.3, -0.25) is 4.90 Å². The summed E-state index contributed by atoms with van der Waals surface area (Å²) in [4.78, 5) is 44.4. The number of hydrogen-bond acceptors (Lipinski definition) is 10. The number of benzene rings is 2. The van der Waals surface area contributed by atoms with E-state index in [0.29, 0.717) is 28.2 Å². The van der Waals surface area contributed by atoms with Gasteiger partial charge in [-0.15, -0.1) is 22.7 Å². The maximum atomic E-state index is 13.6. The minimum Gasteiger partial charge on any atom is -0.424 e. The van der Waals surface area contributed by atoms with Crippen molar-refractivity contribution >= 4 is 56.5 Å². The predicted octanol–water partition coefficient (Wildman–Crippen LogP) is 8.64. The van der Waals surface area contributed by atoms with Crippen LogP contribution < -0.4 is 9.47 Å². The van der Waals surface area contributed by atoms with Crippen LogP contribution >= 0.6 is 22.7 Å². The highest BCUT2D eigenvalue weighted by Gasteiger charge is 2.38. The number of para-hydroxylation sites is 2. The Balaban J connectivity index is 1.15. The van der Waals surface area contributed by atoms with Gasteiger partial charge in [0.2, 0.25) is 0 Å². The number of ether oxygens (including phenoxy) is 2. The molecule has 0 bridgehead atoms. The fourth-order valence-electron chi connectivity index (χ4n) is 5.28. The minimum absolute atomic E-state index is 0.000167. The molecule has 0 saturated carbocycles. The van der Waals surface area contributed by atoms with Crippen LogP contribution in [0.25, 0.3) is 43.2 Å². The van der Waals surface area contributed by atoms with E-state index in [1.165, 1.54) is 17.0 Å². The Kier molecular flexibility index (Phi) is 8.18. The summed E-state index contributed by atoms with van der Waals surface area (Å²) in [6.45, 7) is 0.136. The van der Waals surface area contributed by atoms with Gasteiger partial charge in [-0.1, -0.05) is 24.3 Å². The molecule has 1 aliphatic rings. The average molecular weight is 716 g/mol. The number of esters is 1. The molecule has 1 atom stereocenters. The Bertz CT molecular complexity index is 2080. The van der Waals surface area contributed by atoms with Crippen molar-refractivity contribution in [1.82, 2.24) is 24.8 Å². The van der Waals surface area contributed by atoms with Gasteiger partial charge in [0, 0.05) is 40.2 Å². The van der Waals surface area contributed by atoms with E-state index in [1.54, 1.807) is 48.5 Å². The molecule has 0 N–H and O–H groups in total. The molecule has 0 radical (unpaired) electrons. The molecule has 1 unspecified atom stereocenters. The van der Waals surface area contributed by atoms with E-state index in [2.05, 4.69) is 19.9 Å². The Morgan fingerprint density at radius 2 is 1.20 bits per heavy atom. The summed E-state index contributed by atoms with van der Waals surface area (Å²) in [6.07, 6.45) is -9.55. The number of aromatic nitrogens is 4. The largest absolute Gasteiger partial charge is 0.434 e. The van der Waals surface area contributed by atoms with Crippen LogP contribution in [0.5, 0.6) is 11.5 Å². The van der Waals surface area contributed by atoms with E-state index < -0.39 is 41.8 Å². The number of thiazole rings is 2. The van der Waals surface area contributed by atoms with Crippen molar-refractivity contribution in [2.75, 3.05) is 6.54 Å². The number of carbonyl (C=O) groups is 2. The zero-order valence-corrected chi connectivity index (χ0v) is 26.2. The summed E-state index contributed by atoms with van der Waals surface area (Å²) < 4.78 is 90.8. The maximum Gasteiger partial charge on any atom is 0.434 e. The lowest BCUT2D eigenvalue weighted by Crippen LogP contribution is -2.43. The SMILES string of the molecule is O=C(Oc1cc(-c2nc(C(F)(F)F)cs2)nc2ccccc12)C1CCCN1C(=O)Oc1cc(-c2nc(C(F)(F)F)cs2)nc2ccccc12. The second-order valence-electron chi connectivity index (χ2n) is 10.8. The first-order valence-electron chi connectivity index (χ1n) is 14.4. The Hall–Kier alpha value is -5.16. The molecule has 4 aromatic heterocycles. The number of rotatable bonds is 5. The molecule has 0 spiro atoms. The van der Waals surface area contributed by atoms with Crippen LogP contribution in [0, 0.1) is 0 Å². The lowest BCUT2D eigenvalue weighted by Gasteiger charge is -2.23. The summed E-state index contributed by atoms with van der Waals surface area (Å²) in [5, 5.41) is 2.48. The van der Waals surface area contributed by atoms with Gasteiger partial charge in [0.15, 0.2) is 11.4 Å². The van der Waals surface area contributed by atoms with Crippen LogP contribution in [0.2, 0.25) is 0 Å². The van der Waals surface area contributed by atoms with E-state index in [4.69, 9.17) is 9.47 Å². The van der Waals surface area contributed by atoms with E-state index in [1.807, 2.05) is 0 Å². The molecule has 1 fully saturated rings. The van der Waals surface area contributed by atoms with Gasteiger partial charge in [-0.2, -0.15) is 26.3 Å². The molecular formula is C32H19F6N5O4S2. The second-order valence-corrected chi connectivity index (χ2v) is 12.5. The summed E-state index contributed by atoms with van der Waals surface area (Å²) >= 11 is 1.47. The van der Waals surface area contributed by atoms with Crippen LogP contribution in [-0.4, -0.2) is 49.5 Å². The number of halogens is 6. The summed E-state index contributed by atoms with van der Waals surface area (Å²) in [5.41, 5.74) is -1.35. The highest BCUT2D eigenvalue weighted by atomic mass is 32.1. The Morgan fingerprint density at radius 1 is 0.714 bits per heavy atom. The molecule has 2 aromatic carbocycles. The standard InChI is InChI=1S/C32H19F6N5O4S2/c33-31(34,35)25-14-48-27(41-25)20-12-23(16-6-1-3-8-18(16)39-20)46-29(44)22-10-5-11-43(22)30(45)47-24-13-21(40-19-9-4-2-7-17(19)24)28-42-26(15-49-28)32(36,37)38/h1-4,6-9,12-15,22H,5,10-11H2. The normalized spacial score (nSPS) is 15.2. The lowest BCUT2D eigenvalue weighted by atomic mass is 10.1. The lowest BCUT2D eigenvalue weighted by molar-refractivity contribution is -0.141. The number of hydrogen-bond donors (Lipinski definition) is 0. The van der Waals surface area contributed by atoms with Crippen LogP contribution in [0.3, 0.4) is 0 Å². The number of likely N-dealkylation sites (tertiary alicyclic amines) is 1. The van der Waals surface area contributed by atoms with Gasteiger partial charge in [0.25, 0.3) is 0 Å². The van der Waals surface area contributed by atoms with Crippen molar-refractivity contribution in [2.45, 2.75) is 31.2 Å². The first-order chi connectivity index (χ1) is 23.3. The number of amides is 1. The van der Waals surface area contributed by atoms with Gasteiger partial charge in [-0.25, -0.2) is 29.5 Å². The minimum atomic E-state index is -4.65. The molecule has 7 rings (SSSR count). The monoisotopic (exact) mass is 715 g/mol. The highest BCUT2D eigenvalue weighted by Crippen LogP contribution is 2.38. The molecule has 6 aromatic rings. The van der Waals surface area contributed by atoms with Crippen molar-refractivity contribution in [3.63, 3.8) is 0 Å². The van der Waals surface area contributed by atoms with Crippen LogP contribution in [0.1, 0.15) is 24.2 Å². The molecule has 250 valence electrons. The van der Waals surface area contributed by atoms with Crippen LogP contribution in [-0.2, 0) is 17.1 Å². The summed E-state index contributed by atoms with van der Waals surface area (Å²) in [6, 6.07) is 14.7. The summed E-state index contributed by atoms with van der Waals surface area (Å²) in [7, 11) is 0. The van der Waals surface area contributed by atoms with Crippen molar-refractivity contribution in [3.05, 3.63) is 82.8 Å². The molecular weight excluding hydrogens is 697 g/mol. The number of nitrogens with zero attached hydrogens (tertiary/aromatic N) is 5. The van der Waals surface area contributed by atoms with E-state index in [-0.39, 0.29) is 45.9 Å². The van der Waals surface area contributed by atoms with E-state index in [0.717, 1.165) is 33.4 Å². The highest BCUT2D eigenvalue weighted by molar-refractivity contribution is 7.13. The number of alkyl halides is 6. The molecule has 1 aliphatic heterocycles. The molecule has 17 heteroatoms. The molecule has 49 heavy (non-hydrogen) atoms. The molecule has 1 saturated heterocycles. The van der Waals surface area contributed by atoms with Gasteiger partial charge in [-0.05, 0) is 37.1 Å². The van der Waals surface area contributed by atoms with Crippen molar-refractivity contribution < 1.29 is 45.4 Å². The topological polar surface area (TPSA) is 107 Å². The van der Waals surface area contributed by atoms with Gasteiger partial charge in [0.05, 0.1) is 11.0 Å². The van der Waals surface area contributed by atoms with Gasteiger partial charge < -0.3 is 9.47 Å². The molecule has 5 heterocycles. The third-order valence-corrected chi connectivity index (χ3v) is 9.28. The number of fused-ring (bicyclic) bond motifs is 2. The fourth-order valence-corrected chi connectivity index (χ4v) is 6.85. The maximum absolute atomic E-state index is 13.6. The zero-order chi connectivity index (χ0) is 34.5. The predicted molar refractivity (Wildman–Crippen MR) is 167 cm³/mol. The molecule has 0 aliphatic carbocycles. The summed E-state index contributed by atoms with van der Waals surface area (Å²) in [5.74, 6) is -0.796. The van der Waals surface area contributed by atoms with Crippen molar-refractivity contribution in [1.29, 1.82) is 0 Å².